The topological polar surface area (TPSA) is 47.3 Å². The molecule has 2 bridgehead atoms. The second-order valence-corrected chi connectivity index (χ2v) is 6.02. The summed E-state index contributed by atoms with van der Waals surface area (Å²) in [6, 6.07) is 15.3. The molecule has 2 aromatic rings. The van der Waals surface area contributed by atoms with Crippen molar-refractivity contribution in [2.24, 2.45) is 11.8 Å². The van der Waals surface area contributed by atoms with Gasteiger partial charge < -0.3 is 4.74 Å². The summed E-state index contributed by atoms with van der Waals surface area (Å²) in [6.45, 7) is 0. The molecule has 2 aromatic carbocycles. The van der Waals surface area contributed by atoms with Gasteiger partial charge in [-0.05, 0) is 41.7 Å². The highest BCUT2D eigenvalue weighted by Gasteiger charge is 2.44. The van der Waals surface area contributed by atoms with E-state index in [1.54, 1.807) is 0 Å². The Balaban J connectivity index is 1.68. The Bertz CT molecular complexity index is 627. The van der Waals surface area contributed by atoms with Crippen LogP contribution in [0.1, 0.15) is 30.9 Å². The Hall–Kier alpha value is -1.42. The number of nitrogens with one attached hydrogen (secondary N) is 1. The van der Waals surface area contributed by atoms with Gasteiger partial charge in [0.25, 0.3) is 0 Å². The van der Waals surface area contributed by atoms with Gasteiger partial charge in [0.05, 0.1) is 18.2 Å². The van der Waals surface area contributed by atoms with E-state index < -0.39 is 0 Å². The fraction of sp³-hybridized carbons (Fsp3) is 0.412. The van der Waals surface area contributed by atoms with E-state index in [1.807, 2.05) is 0 Å². The zero-order valence-corrected chi connectivity index (χ0v) is 11.5. The van der Waals surface area contributed by atoms with Crippen molar-refractivity contribution in [2.75, 3.05) is 0 Å². The molecule has 2 aliphatic heterocycles. The van der Waals surface area contributed by atoms with Crippen LogP contribution in [0, 0.1) is 5.92 Å². The largest absolute Gasteiger partial charge is 0.375 e. The lowest BCUT2D eigenvalue weighted by atomic mass is 9.81. The van der Waals surface area contributed by atoms with Crippen molar-refractivity contribution in [3.63, 3.8) is 0 Å². The van der Waals surface area contributed by atoms with Crippen LogP contribution in [0.5, 0.6) is 0 Å². The summed E-state index contributed by atoms with van der Waals surface area (Å²) in [5.74, 6) is 6.35. The Morgan fingerprint density at radius 2 is 1.95 bits per heavy atom. The van der Waals surface area contributed by atoms with Crippen molar-refractivity contribution in [1.82, 2.24) is 5.43 Å². The second-order valence-electron chi connectivity index (χ2n) is 6.02. The molecule has 3 nitrogen and oxygen atoms in total. The van der Waals surface area contributed by atoms with E-state index in [0.29, 0.717) is 18.1 Å². The first-order valence-corrected chi connectivity index (χ1v) is 7.45. The summed E-state index contributed by atoms with van der Waals surface area (Å²) in [5.41, 5.74) is 4.30. The Morgan fingerprint density at radius 1 is 1.10 bits per heavy atom. The zero-order valence-electron chi connectivity index (χ0n) is 11.5. The lowest BCUT2D eigenvalue weighted by Crippen LogP contribution is -2.37. The van der Waals surface area contributed by atoms with Gasteiger partial charge in [0.1, 0.15) is 0 Å². The third kappa shape index (κ3) is 1.94. The van der Waals surface area contributed by atoms with Gasteiger partial charge in [-0.3, -0.25) is 11.3 Å². The van der Waals surface area contributed by atoms with Gasteiger partial charge in [0.15, 0.2) is 0 Å². The van der Waals surface area contributed by atoms with Crippen LogP contribution in [0.3, 0.4) is 0 Å². The van der Waals surface area contributed by atoms with E-state index in [4.69, 9.17) is 10.6 Å². The maximum absolute atomic E-state index is 5.98. The lowest BCUT2D eigenvalue weighted by Gasteiger charge is -2.28. The number of hydrogen-bond donors (Lipinski definition) is 2. The van der Waals surface area contributed by atoms with Crippen molar-refractivity contribution < 1.29 is 4.74 Å². The molecule has 4 rings (SSSR count). The number of hydrazine groups is 1. The van der Waals surface area contributed by atoms with Crippen LogP contribution in [0.25, 0.3) is 10.8 Å². The van der Waals surface area contributed by atoms with Gasteiger partial charge in [0.2, 0.25) is 0 Å². The highest BCUT2D eigenvalue weighted by atomic mass is 16.5. The molecule has 104 valence electrons. The van der Waals surface area contributed by atoms with Crippen LogP contribution in [-0.2, 0) is 4.74 Å². The highest BCUT2D eigenvalue weighted by Crippen LogP contribution is 2.44. The van der Waals surface area contributed by atoms with E-state index in [-0.39, 0.29) is 6.04 Å². The van der Waals surface area contributed by atoms with Crippen LogP contribution in [-0.4, -0.2) is 12.2 Å². The summed E-state index contributed by atoms with van der Waals surface area (Å²) >= 11 is 0. The molecule has 3 heteroatoms. The van der Waals surface area contributed by atoms with E-state index >= 15 is 0 Å². The third-order valence-electron chi connectivity index (χ3n) is 4.89. The second kappa shape index (κ2) is 4.85. The molecule has 0 saturated carbocycles. The molecule has 0 amide bonds. The molecule has 3 N–H and O–H groups in total. The van der Waals surface area contributed by atoms with Crippen molar-refractivity contribution in [1.29, 1.82) is 0 Å². The molecule has 20 heavy (non-hydrogen) atoms. The Kier molecular flexibility index (Phi) is 2.99. The van der Waals surface area contributed by atoms with Gasteiger partial charge in [-0.2, -0.15) is 0 Å². The predicted octanol–water partition coefficient (Wildman–Crippen LogP) is 2.91. The fourth-order valence-electron chi connectivity index (χ4n) is 3.90. The van der Waals surface area contributed by atoms with Crippen LogP contribution < -0.4 is 11.3 Å². The SMILES string of the molecule is NNC(c1ccc2ccccc2c1)C1CC2CCC1O2. The molecule has 0 spiro atoms. The van der Waals surface area contributed by atoms with Crippen molar-refractivity contribution in [3.05, 3.63) is 48.0 Å². The minimum Gasteiger partial charge on any atom is -0.375 e. The number of fused-ring (bicyclic) bond motifs is 3. The quantitative estimate of drug-likeness (QED) is 0.664. The van der Waals surface area contributed by atoms with Crippen molar-refractivity contribution in [2.45, 2.75) is 37.5 Å². The van der Waals surface area contributed by atoms with Gasteiger partial charge in [-0.1, -0.05) is 36.4 Å². The number of benzene rings is 2. The average Bonchev–Trinajstić information content (AvgIpc) is 3.11. The molecular weight excluding hydrogens is 248 g/mol. The summed E-state index contributed by atoms with van der Waals surface area (Å²) in [5, 5.41) is 2.55. The summed E-state index contributed by atoms with van der Waals surface area (Å²) in [7, 11) is 0. The molecule has 0 aromatic heterocycles. The van der Waals surface area contributed by atoms with Crippen LogP contribution in [0.15, 0.2) is 42.5 Å². The molecule has 2 saturated heterocycles. The normalized spacial score (nSPS) is 29.9. The monoisotopic (exact) mass is 268 g/mol. The lowest BCUT2D eigenvalue weighted by molar-refractivity contribution is 0.0857. The van der Waals surface area contributed by atoms with Gasteiger partial charge in [0, 0.05) is 5.92 Å². The van der Waals surface area contributed by atoms with Crippen LogP contribution in [0.4, 0.5) is 0 Å². The molecule has 2 heterocycles. The van der Waals surface area contributed by atoms with Gasteiger partial charge in [-0.25, -0.2) is 0 Å². The number of hydrogen-bond acceptors (Lipinski definition) is 3. The standard InChI is InChI=1S/C17H20N2O/c18-19-17(15-10-14-7-8-16(15)20-14)13-6-5-11-3-1-2-4-12(11)9-13/h1-6,9,14-17,19H,7-8,10,18H2. The first-order valence-electron chi connectivity index (χ1n) is 7.45. The van der Waals surface area contributed by atoms with E-state index in [9.17, 15) is 0 Å². The molecule has 0 radical (unpaired) electrons. The van der Waals surface area contributed by atoms with Gasteiger partial charge in [-0.15, -0.1) is 0 Å². The Labute approximate surface area is 119 Å². The molecule has 0 aliphatic carbocycles. The van der Waals surface area contributed by atoms with E-state index in [0.717, 1.165) is 6.42 Å². The predicted molar refractivity (Wildman–Crippen MR) is 80.0 cm³/mol. The summed E-state index contributed by atoms with van der Waals surface area (Å²) < 4.78 is 5.98. The smallest absolute Gasteiger partial charge is 0.0627 e. The van der Waals surface area contributed by atoms with Gasteiger partial charge >= 0.3 is 0 Å². The number of rotatable bonds is 3. The molecule has 2 fully saturated rings. The number of nitrogens with two attached hydrogens (primary N) is 1. The highest BCUT2D eigenvalue weighted by molar-refractivity contribution is 5.83. The first-order chi connectivity index (χ1) is 9.85. The summed E-state index contributed by atoms with van der Waals surface area (Å²) in [6.07, 6.45) is 4.37. The fourth-order valence-corrected chi connectivity index (χ4v) is 3.90. The molecular formula is C17H20N2O. The van der Waals surface area contributed by atoms with Crippen LogP contribution >= 0.6 is 0 Å². The van der Waals surface area contributed by atoms with Crippen molar-refractivity contribution >= 4 is 10.8 Å². The van der Waals surface area contributed by atoms with Crippen LogP contribution in [0.2, 0.25) is 0 Å². The summed E-state index contributed by atoms with van der Waals surface area (Å²) in [4.78, 5) is 0. The minimum absolute atomic E-state index is 0.190. The third-order valence-corrected chi connectivity index (χ3v) is 4.89. The maximum Gasteiger partial charge on any atom is 0.0627 e. The first kappa shape index (κ1) is 12.3. The number of ether oxygens (including phenoxy) is 1. The van der Waals surface area contributed by atoms with E-state index in [2.05, 4.69) is 47.9 Å². The zero-order chi connectivity index (χ0) is 13.5. The van der Waals surface area contributed by atoms with Crippen molar-refractivity contribution in [3.8, 4) is 0 Å². The Morgan fingerprint density at radius 3 is 2.65 bits per heavy atom. The average molecular weight is 268 g/mol. The molecule has 2 aliphatic rings. The minimum atomic E-state index is 0.190. The maximum atomic E-state index is 5.98. The molecule has 4 atom stereocenters. The van der Waals surface area contributed by atoms with E-state index in [1.165, 1.54) is 29.2 Å². The molecule has 4 unspecified atom stereocenters.